The summed E-state index contributed by atoms with van der Waals surface area (Å²) in [5.41, 5.74) is 1.46. The van der Waals surface area contributed by atoms with E-state index in [-0.39, 0.29) is 23.7 Å². The van der Waals surface area contributed by atoms with Crippen LogP contribution in [0.5, 0.6) is 0 Å². The van der Waals surface area contributed by atoms with Crippen molar-refractivity contribution in [1.82, 2.24) is 0 Å². The highest BCUT2D eigenvalue weighted by Gasteiger charge is 2.25. The van der Waals surface area contributed by atoms with Crippen molar-refractivity contribution in [1.29, 1.82) is 0 Å². The van der Waals surface area contributed by atoms with Crippen LogP contribution in [0.3, 0.4) is 0 Å². The van der Waals surface area contributed by atoms with Crippen LogP contribution in [0, 0.1) is 22.9 Å². The minimum absolute atomic E-state index is 0.0209. The number of rotatable bonds is 4. The summed E-state index contributed by atoms with van der Waals surface area (Å²) in [6, 6.07) is 9.94. The number of nitrogens with one attached hydrogen (secondary N) is 1. The summed E-state index contributed by atoms with van der Waals surface area (Å²) in [7, 11) is -4.02. The number of amidine groups is 1. The van der Waals surface area contributed by atoms with Crippen molar-refractivity contribution < 1.29 is 17.7 Å². The van der Waals surface area contributed by atoms with Crippen LogP contribution in [0.2, 0.25) is 0 Å². The molecule has 0 saturated carbocycles. The van der Waals surface area contributed by atoms with Gasteiger partial charge in [0.15, 0.2) is 5.84 Å². The Morgan fingerprint density at radius 2 is 1.85 bits per heavy atom. The molecule has 1 aliphatic rings. The zero-order valence-corrected chi connectivity index (χ0v) is 14.3. The molecule has 26 heavy (non-hydrogen) atoms. The fourth-order valence-electron chi connectivity index (χ4n) is 2.40. The number of nitrogens with zero attached hydrogens (tertiary/aromatic N) is 3. The average Bonchev–Trinajstić information content (AvgIpc) is 2.84. The van der Waals surface area contributed by atoms with Gasteiger partial charge in [0.2, 0.25) is 0 Å². The number of nitro benzene ring substituents is 1. The number of hydrogen-bond donors (Lipinski definition) is 1. The molecule has 1 aliphatic heterocycles. The molecule has 1 N–H and O–H groups in total. The van der Waals surface area contributed by atoms with Crippen LogP contribution in [0.4, 0.5) is 15.8 Å². The first kappa shape index (κ1) is 17.7. The highest BCUT2D eigenvalue weighted by Crippen LogP contribution is 2.23. The van der Waals surface area contributed by atoms with Crippen molar-refractivity contribution >= 4 is 33.1 Å². The summed E-state index contributed by atoms with van der Waals surface area (Å²) >= 11 is 0. The Morgan fingerprint density at radius 3 is 2.50 bits per heavy atom. The molecular formula is C16H13FN4O4S. The van der Waals surface area contributed by atoms with Gasteiger partial charge in [0.05, 0.1) is 4.92 Å². The molecule has 0 atom stereocenters. The first-order valence-electron chi connectivity index (χ1n) is 7.44. The van der Waals surface area contributed by atoms with E-state index < -0.39 is 20.9 Å². The molecule has 1 heterocycles. The molecule has 0 unspecified atom stereocenters. The molecule has 0 radical (unpaired) electrons. The quantitative estimate of drug-likeness (QED) is 0.651. The van der Waals surface area contributed by atoms with Gasteiger partial charge in [-0.15, -0.1) is 8.80 Å². The predicted molar refractivity (Wildman–Crippen MR) is 95.3 cm³/mol. The van der Waals surface area contributed by atoms with Gasteiger partial charge in [0.1, 0.15) is 11.5 Å². The maximum Gasteiger partial charge on any atom is 0.365 e. The summed E-state index contributed by atoms with van der Waals surface area (Å²) in [6.45, 7) is 1.60. The maximum absolute atomic E-state index is 13.0. The first-order valence-corrected chi connectivity index (χ1v) is 8.84. The van der Waals surface area contributed by atoms with E-state index in [9.17, 15) is 22.9 Å². The minimum Gasteiger partial charge on any atom is -0.338 e. The Hall–Kier alpha value is -3.14. The lowest BCUT2D eigenvalue weighted by molar-refractivity contribution is -0.385. The monoisotopic (exact) mass is 376 g/mol. The van der Waals surface area contributed by atoms with Gasteiger partial charge in [-0.05, 0) is 30.7 Å². The topological polar surface area (TPSA) is 114 Å². The fourth-order valence-corrected chi connectivity index (χ4v) is 3.25. The van der Waals surface area contributed by atoms with Crippen LogP contribution in [-0.4, -0.2) is 24.9 Å². The van der Waals surface area contributed by atoms with Gasteiger partial charge >= 0.3 is 10.2 Å². The van der Waals surface area contributed by atoms with Crippen LogP contribution in [0.15, 0.2) is 51.3 Å². The van der Waals surface area contributed by atoms with Gasteiger partial charge in [0, 0.05) is 23.7 Å². The Kier molecular flexibility index (Phi) is 4.51. The van der Waals surface area contributed by atoms with Gasteiger partial charge < -0.3 is 5.32 Å². The normalized spacial score (nSPS) is 15.3. The fraction of sp³-hybridized carbons (Fsp3) is 0.125. The number of halogens is 1. The van der Waals surface area contributed by atoms with Crippen molar-refractivity contribution in [3.63, 3.8) is 0 Å². The molecule has 0 amide bonds. The molecule has 0 fully saturated rings. The molecule has 3 rings (SSSR count). The van der Waals surface area contributed by atoms with Gasteiger partial charge in [-0.25, -0.2) is 4.39 Å². The zero-order valence-electron chi connectivity index (χ0n) is 13.5. The van der Waals surface area contributed by atoms with E-state index in [0.717, 1.165) is 0 Å². The Bertz CT molecular complexity index is 1050. The third kappa shape index (κ3) is 3.91. The summed E-state index contributed by atoms with van der Waals surface area (Å²) < 4.78 is 43.6. The molecule has 0 spiro atoms. The van der Waals surface area contributed by atoms with Crippen LogP contribution in [0.25, 0.3) is 0 Å². The van der Waals surface area contributed by atoms with Crippen LogP contribution >= 0.6 is 0 Å². The third-order valence-corrected chi connectivity index (χ3v) is 4.52. The van der Waals surface area contributed by atoms with Crippen LogP contribution in [-0.2, 0) is 16.6 Å². The lowest BCUT2D eigenvalue weighted by Crippen LogP contribution is -2.22. The molecule has 0 aliphatic carbocycles. The Morgan fingerprint density at radius 1 is 1.15 bits per heavy atom. The van der Waals surface area contributed by atoms with Crippen molar-refractivity contribution in [2.75, 3.05) is 5.32 Å². The molecule has 134 valence electrons. The van der Waals surface area contributed by atoms with Crippen molar-refractivity contribution in [3.05, 3.63) is 69.5 Å². The SMILES string of the molecule is Cc1ccc(NC2=NS(=O)(=O)N=C2Cc2ccc(F)cc2)cc1[N+](=O)[O-]. The van der Waals surface area contributed by atoms with E-state index in [1.807, 2.05) is 0 Å². The van der Waals surface area contributed by atoms with E-state index >= 15 is 0 Å². The third-order valence-electron chi connectivity index (χ3n) is 3.66. The van der Waals surface area contributed by atoms with Gasteiger partial charge in [-0.2, -0.15) is 8.42 Å². The van der Waals surface area contributed by atoms with Crippen LogP contribution in [0.1, 0.15) is 11.1 Å². The second-order valence-corrected chi connectivity index (χ2v) is 6.87. The highest BCUT2D eigenvalue weighted by molar-refractivity contribution is 7.89. The van der Waals surface area contributed by atoms with E-state index in [2.05, 4.69) is 14.1 Å². The molecule has 0 bridgehead atoms. The second kappa shape index (κ2) is 6.64. The largest absolute Gasteiger partial charge is 0.365 e. The van der Waals surface area contributed by atoms with Crippen molar-refractivity contribution in [3.8, 4) is 0 Å². The standard InChI is InChI=1S/C16H13FN4O4S/c1-10-2-7-13(9-15(10)21(22)23)18-16-14(19-26(24,25)20-16)8-11-3-5-12(17)6-4-11/h2-7,9H,8H2,1H3,(H,18,20). The molecule has 8 nitrogen and oxygen atoms in total. The maximum atomic E-state index is 13.0. The average molecular weight is 376 g/mol. The number of benzene rings is 2. The molecular weight excluding hydrogens is 363 g/mol. The van der Waals surface area contributed by atoms with Crippen LogP contribution < -0.4 is 5.32 Å². The second-order valence-electron chi connectivity index (χ2n) is 5.61. The molecule has 0 saturated heterocycles. The number of aryl methyl sites for hydroxylation is 1. The molecule has 2 aromatic carbocycles. The zero-order chi connectivity index (χ0) is 18.9. The molecule has 2 aromatic rings. The Labute approximate surface area is 148 Å². The smallest absolute Gasteiger partial charge is 0.338 e. The lowest BCUT2D eigenvalue weighted by atomic mass is 10.1. The molecule has 0 aromatic heterocycles. The van der Waals surface area contributed by atoms with E-state index in [4.69, 9.17) is 0 Å². The van der Waals surface area contributed by atoms with Gasteiger partial charge in [-0.3, -0.25) is 10.1 Å². The van der Waals surface area contributed by atoms with Gasteiger partial charge in [-0.1, -0.05) is 18.2 Å². The summed E-state index contributed by atoms with van der Waals surface area (Å²) in [4.78, 5) is 10.5. The first-order chi connectivity index (χ1) is 12.2. The summed E-state index contributed by atoms with van der Waals surface area (Å²) in [5.74, 6) is -0.429. The number of hydrogen-bond acceptors (Lipinski definition) is 5. The minimum atomic E-state index is -4.02. The van der Waals surface area contributed by atoms with E-state index in [0.29, 0.717) is 16.8 Å². The Balaban J connectivity index is 1.88. The van der Waals surface area contributed by atoms with Gasteiger partial charge in [0.25, 0.3) is 5.69 Å². The summed E-state index contributed by atoms with van der Waals surface area (Å²) in [5, 5.41) is 13.8. The van der Waals surface area contributed by atoms with Crippen molar-refractivity contribution in [2.24, 2.45) is 8.80 Å². The summed E-state index contributed by atoms with van der Waals surface area (Å²) in [6.07, 6.45) is 0.110. The van der Waals surface area contributed by atoms with E-state index in [1.54, 1.807) is 19.1 Å². The number of anilines is 1. The van der Waals surface area contributed by atoms with Crippen molar-refractivity contribution in [2.45, 2.75) is 13.3 Å². The van der Waals surface area contributed by atoms with E-state index in [1.165, 1.54) is 30.3 Å². The highest BCUT2D eigenvalue weighted by atomic mass is 32.2. The lowest BCUT2D eigenvalue weighted by Gasteiger charge is -2.08. The molecule has 10 heteroatoms. The number of nitro groups is 1. The predicted octanol–water partition coefficient (Wildman–Crippen LogP) is 2.79.